The van der Waals surface area contributed by atoms with Crippen molar-refractivity contribution in [2.45, 2.75) is 77.2 Å². The van der Waals surface area contributed by atoms with Gasteiger partial charge in [0.2, 0.25) is 0 Å². The van der Waals surface area contributed by atoms with Crippen LogP contribution in [0.3, 0.4) is 0 Å². The molecule has 2 aromatic heterocycles. The highest BCUT2D eigenvalue weighted by Gasteiger charge is 2.43. The van der Waals surface area contributed by atoms with Crippen LogP contribution in [0.1, 0.15) is 67.7 Å². The van der Waals surface area contributed by atoms with Crippen LogP contribution in [0, 0.1) is 11.3 Å². The standard InChI is InChI=1S/C27H28F6N8O3/c1-4-19-12-21(23-20(41(19)25(43)44-15(2)3)5-6-22(35-23)27(31,32)33)39(24-36-38-40(37-24)7-8-42)14-17-9-16(13-34)10-18(11-17)26(28,29)30/h5-6,9-11,15,19,21,42H,4,7-8,12,14H2,1-3H3/t19-,21-/m1/s1. The Morgan fingerprint density at radius 2 is 1.91 bits per heavy atom. The van der Waals surface area contributed by atoms with Gasteiger partial charge in [0.25, 0.3) is 5.95 Å². The first kappa shape index (κ1) is 32.5. The molecule has 17 heteroatoms. The van der Waals surface area contributed by atoms with Crippen LogP contribution in [-0.4, -0.2) is 55.1 Å². The SMILES string of the molecule is CC[C@@H]1C[C@@H](N(Cc2cc(C#N)cc(C(F)(F)F)c2)c2nnn(CCO)n2)c2nc(C(F)(F)F)ccc2N1C(=O)OC(C)C. The van der Waals surface area contributed by atoms with Crippen molar-refractivity contribution in [2.24, 2.45) is 0 Å². The monoisotopic (exact) mass is 626 g/mol. The summed E-state index contributed by atoms with van der Waals surface area (Å²) in [6.45, 7) is 4.12. The van der Waals surface area contributed by atoms with Crippen molar-refractivity contribution in [1.82, 2.24) is 25.2 Å². The second-order valence-electron chi connectivity index (χ2n) is 10.3. The minimum absolute atomic E-state index is 0.0151. The lowest BCUT2D eigenvalue weighted by atomic mass is 9.91. The molecule has 0 bridgehead atoms. The summed E-state index contributed by atoms with van der Waals surface area (Å²) in [4.78, 5) is 20.6. The smallest absolute Gasteiger partial charge is 0.433 e. The molecule has 0 aliphatic carbocycles. The molecule has 4 rings (SSSR count). The van der Waals surface area contributed by atoms with Crippen LogP contribution < -0.4 is 9.80 Å². The normalized spacial score (nSPS) is 16.9. The third-order valence-electron chi connectivity index (χ3n) is 6.81. The van der Waals surface area contributed by atoms with Crippen LogP contribution in [0.2, 0.25) is 0 Å². The van der Waals surface area contributed by atoms with E-state index in [1.807, 2.05) is 0 Å². The number of carbonyl (C=O) groups is 1. The van der Waals surface area contributed by atoms with Gasteiger partial charge in [-0.15, -0.1) is 5.10 Å². The number of aliphatic hydroxyl groups is 1. The second kappa shape index (κ2) is 12.6. The number of rotatable bonds is 8. The summed E-state index contributed by atoms with van der Waals surface area (Å²) < 4.78 is 88.1. The number of alkyl halides is 6. The van der Waals surface area contributed by atoms with Gasteiger partial charge >= 0.3 is 18.4 Å². The maximum atomic E-state index is 13.9. The molecule has 1 N–H and O–H groups in total. The maximum Gasteiger partial charge on any atom is 0.433 e. The van der Waals surface area contributed by atoms with Gasteiger partial charge in [-0.3, -0.25) is 4.90 Å². The highest BCUT2D eigenvalue weighted by molar-refractivity contribution is 5.90. The number of halogens is 6. The molecule has 1 amide bonds. The fraction of sp³-hybridized carbons (Fsp3) is 0.481. The van der Waals surface area contributed by atoms with E-state index in [4.69, 9.17) is 4.74 Å². The Labute approximate surface area is 247 Å². The number of ether oxygens (including phenoxy) is 1. The Morgan fingerprint density at radius 3 is 2.50 bits per heavy atom. The van der Waals surface area contributed by atoms with E-state index in [1.54, 1.807) is 26.8 Å². The number of tetrazole rings is 1. The number of anilines is 2. The summed E-state index contributed by atoms with van der Waals surface area (Å²) in [6.07, 6.45) is -10.7. The molecule has 3 heterocycles. The van der Waals surface area contributed by atoms with Crippen molar-refractivity contribution in [3.05, 3.63) is 58.4 Å². The molecule has 0 unspecified atom stereocenters. The number of pyridine rings is 1. The van der Waals surface area contributed by atoms with Crippen molar-refractivity contribution < 1.29 is 41.0 Å². The lowest BCUT2D eigenvalue weighted by molar-refractivity contribution is -0.141. The fourth-order valence-electron chi connectivity index (χ4n) is 4.94. The molecule has 1 aromatic carbocycles. The Kier molecular flexibility index (Phi) is 9.33. The average molecular weight is 627 g/mol. The van der Waals surface area contributed by atoms with E-state index in [2.05, 4.69) is 20.4 Å². The molecule has 0 fully saturated rings. The molecule has 1 aliphatic heterocycles. The number of hydrogen-bond acceptors (Lipinski definition) is 9. The zero-order valence-electron chi connectivity index (χ0n) is 23.8. The molecular weight excluding hydrogens is 598 g/mol. The molecule has 0 spiro atoms. The van der Waals surface area contributed by atoms with Crippen LogP contribution in [-0.2, 0) is 30.2 Å². The van der Waals surface area contributed by atoms with Crippen LogP contribution in [0.25, 0.3) is 0 Å². The Hall–Kier alpha value is -4.46. The lowest BCUT2D eigenvalue weighted by Crippen LogP contribution is -2.49. The van der Waals surface area contributed by atoms with Crippen molar-refractivity contribution in [2.75, 3.05) is 16.4 Å². The molecule has 2 atom stereocenters. The minimum Gasteiger partial charge on any atom is -0.446 e. The first-order valence-corrected chi connectivity index (χ1v) is 13.5. The molecular formula is C27H28F6N8O3. The summed E-state index contributed by atoms with van der Waals surface area (Å²) in [5, 5.41) is 30.7. The van der Waals surface area contributed by atoms with Crippen LogP contribution >= 0.6 is 0 Å². The maximum absolute atomic E-state index is 13.9. The summed E-state index contributed by atoms with van der Waals surface area (Å²) in [6, 6.07) is 4.51. The van der Waals surface area contributed by atoms with Crippen molar-refractivity contribution in [1.29, 1.82) is 5.26 Å². The van der Waals surface area contributed by atoms with Crippen LogP contribution in [0.5, 0.6) is 0 Å². The van der Waals surface area contributed by atoms with Gasteiger partial charge in [-0.1, -0.05) is 12.0 Å². The number of nitriles is 1. The van der Waals surface area contributed by atoms with E-state index < -0.39 is 54.4 Å². The summed E-state index contributed by atoms with van der Waals surface area (Å²) in [5.74, 6) is -0.183. The average Bonchev–Trinajstić information content (AvgIpc) is 3.41. The van der Waals surface area contributed by atoms with Gasteiger partial charge in [0.1, 0.15) is 5.69 Å². The molecule has 11 nitrogen and oxygen atoms in total. The van der Waals surface area contributed by atoms with Crippen molar-refractivity contribution in [3.63, 3.8) is 0 Å². The van der Waals surface area contributed by atoms with E-state index >= 15 is 0 Å². The van der Waals surface area contributed by atoms with Gasteiger partial charge < -0.3 is 14.7 Å². The first-order chi connectivity index (χ1) is 20.7. The number of carbonyl (C=O) groups excluding carboxylic acids is 1. The molecule has 3 aromatic rings. The molecule has 0 radical (unpaired) electrons. The predicted octanol–water partition coefficient (Wildman–Crippen LogP) is 5.25. The number of nitrogens with zero attached hydrogens (tertiary/aromatic N) is 8. The van der Waals surface area contributed by atoms with Gasteiger partial charge in [-0.25, -0.2) is 9.78 Å². The topological polar surface area (TPSA) is 133 Å². The highest BCUT2D eigenvalue weighted by Crippen LogP contribution is 2.44. The number of aromatic nitrogens is 5. The quantitative estimate of drug-likeness (QED) is 0.333. The van der Waals surface area contributed by atoms with Gasteiger partial charge in [-0.05, 0) is 67.8 Å². The number of hydrogen-bond donors (Lipinski definition) is 1. The lowest BCUT2D eigenvalue weighted by Gasteiger charge is -2.43. The van der Waals surface area contributed by atoms with Gasteiger partial charge in [-0.2, -0.15) is 36.4 Å². The van der Waals surface area contributed by atoms with E-state index in [-0.39, 0.29) is 48.0 Å². The molecule has 44 heavy (non-hydrogen) atoms. The zero-order valence-corrected chi connectivity index (χ0v) is 23.8. The predicted molar refractivity (Wildman–Crippen MR) is 142 cm³/mol. The third-order valence-corrected chi connectivity index (χ3v) is 6.81. The largest absolute Gasteiger partial charge is 0.446 e. The number of fused-ring (bicyclic) bond motifs is 1. The van der Waals surface area contributed by atoms with Gasteiger partial charge in [0.15, 0.2) is 0 Å². The number of amides is 1. The second-order valence-corrected chi connectivity index (χ2v) is 10.3. The number of benzene rings is 1. The van der Waals surface area contributed by atoms with Crippen molar-refractivity contribution in [3.8, 4) is 6.07 Å². The summed E-state index contributed by atoms with van der Waals surface area (Å²) >= 11 is 0. The van der Waals surface area contributed by atoms with Crippen molar-refractivity contribution >= 4 is 17.7 Å². The zero-order chi connectivity index (χ0) is 32.4. The molecule has 0 saturated heterocycles. The summed E-state index contributed by atoms with van der Waals surface area (Å²) in [7, 11) is 0. The van der Waals surface area contributed by atoms with Crippen LogP contribution in [0.4, 0.5) is 42.8 Å². The third kappa shape index (κ3) is 7.01. The summed E-state index contributed by atoms with van der Waals surface area (Å²) in [5.41, 5.74) is -2.85. The van der Waals surface area contributed by atoms with E-state index in [0.29, 0.717) is 12.5 Å². The molecule has 1 aliphatic rings. The van der Waals surface area contributed by atoms with Crippen LogP contribution in [0.15, 0.2) is 30.3 Å². The van der Waals surface area contributed by atoms with Gasteiger partial charge in [0.05, 0.1) is 53.9 Å². The first-order valence-electron chi connectivity index (χ1n) is 13.5. The Morgan fingerprint density at radius 1 is 1.18 bits per heavy atom. The van der Waals surface area contributed by atoms with E-state index in [0.717, 1.165) is 23.0 Å². The highest BCUT2D eigenvalue weighted by atomic mass is 19.4. The fourth-order valence-corrected chi connectivity index (χ4v) is 4.94. The van der Waals surface area contributed by atoms with Gasteiger partial charge in [0, 0.05) is 12.6 Å². The van der Waals surface area contributed by atoms with E-state index in [9.17, 15) is 41.5 Å². The van der Waals surface area contributed by atoms with E-state index in [1.165, 1.54) is 15.9 Å². The Bertz CT molecular complexity index is 1530. The Balaban J connectivity index is 1.93. The molecule has 0 saturated carbocycles. The minimum atomic E-state index is -4.86. The molecule has 236 valence electrons. The number of aliphatic hydroxyl groups excluding tert-OH is 1.